The summed E-state index contributed by atoms with van der Waals surface area (Å²) in [6.07, 6.45) is 0. The first-order valence-electron chi connectivity index (χ1n) is 6.40. The molecule has 0 fully saturated rings. The van der Waals surface area contributed by atoms with E-state index in [-0.39, 0.29) is 11.3 Å². The van der Waals surface area contributed by atoms with Gasteiger partial charge >= 0.3 is 0 Å². The molecule has 1 N–H and O–H groups in total. The Kier molecular flexibility index (Phi) is 5.59. The van der Waals surface area contributed by atoms with Gasteiger partial charge in [0, 0.05) is 19.1 Å². The van der Waals surface area contributed by atoms with Crippen LogP contribution in [0.4, 0.5) is 11.9 Å². The Balaban J connectivity index is 2.93. The molecule has 0 saturated heterocycles. The molecule has 0 saturated carbocycles. The molecule has 0 bridgehead atoms. The molecular weight excluding hydrogens is 250 g/mol. The first kappa shape index (κ1) is 15.0. The number of nitrogens with one attached hydrogen (secondary N) is 1. The van der Waals surface area contributed by atoms with E-state index in [9.17, 15) is 0 Å². The Morgan fingerprint density at radius 2 is 1.72 bits per heavy atom. The minimum atomic E-state index is 0.227. The lowest BCUT2D eigenvalue weighted by atomic mass is 10.1. The summed E-state index contributed by atoms with van der Waals surface area (Å²) in [5.74, 6) is 1.66. The largest absolute Gasteiger partial charge is 0.351 e. The number of rotatable bonds is 6. The molecule has 0 radical (unpaired) electrons. The van der Waals surface area contributed by atoms with E-state index in [2.05, 4.69) is 54.9 Å². The second-order valence-electron chi connectivity index (χ2n) is 4.58. The van der Waals surface area contributed by atoms with E-state index in [0.717, 1.165) is 13.1 Å². The standard InChI is InChI=1S/C12H22ClN5/c1-6-18(7-2)12-16-10(13)15-11(17-12)14-9(5)8(3)4/h8-9H,6-7H2,1-5H3,(H,14,15,16,17). The van der Waals surface area contributed by atoms with Crippen molar-refractivity contribution in [1.29, 1.82) is 0 Å². The highest BCUT2D eigenvalue weighted by Gasteiger charge is 2.13. The normalized spacial score (nSPS) is 12.6. The third-order valence-electron chi connectivity index (χ3n) is 3.00. The van der Waals surface area contributed by atoms with Crippen LogP contribution in [0.3, 0.4) is 0 Å². The zero-order chi connectivity index (χ0) is 13.7. The number of hydrogen-bond acceptors (Lipinski definition) is 5. The number of anilines is 2. The molecule has 0 aromatic carbocycles. The summed E-state index contributed by atoms with van der Waals surface area (Å²) in [4.78, 5) is 14.7. The average molecular weight is 272 g/mol. The van der Waals surface area contributed by atoms with Crippen LogP contribution in [-0.4, -0.2) is 34.1 Å². The SMILES string of the molecule is CCN(CC)c1nc(Cl)nc(NC(C)C(C)C)n1. The van der Waals surface area contributed by atoms with Crippen LogP contribution >= 0.6 is 11.6 Å². The molecule has 1 aromatic rings. The van der Waals surface area contributed by atoms with Crippen LogP contribution in [0, 0.1) is 5.92 Å². The van der Waals surface area contributed by atoms with Crippen molar-refractivity contribution in [3.05, 3.63) is 5.28 Å². The van der Waals surface area contributed by atoms with Gasteiger partial charge in [-0.15, -0.1) is 0 Å². The van der Waals surface area contributed by atoms with Crippen molar-refractivity contribution in [2.75, 3.05) is 23.3 Å². The minimum Gasteiger partial charge on any atom is -0.351 e. The zero-order valence-corrected chi connectivity index (χ0v) is 12.5. The number of halogens is 1. The zero-order valence-electron chi connectivity index (χ0n) is 11.7. The summed E-state index contributed by atoms with van der Waals surface area (Å²) in [6.45, 7) is 12.2. The first-order valence-corrected chi connectivity index (χ1v) is 6.78. The monoisotopic (exact) mass is 271 g/mol. The fourth-order valence-electron chi connectivity index (χ4n) is 1.42. The molecule has 6 heteroatoms. The highest BCUT2D eigenvalue weighted by atomic mass is 35.5. The third kappa shape index (κ3) is 3.98. The van der Waals surface area contributed by atoms with E-state index in [4.69, 9.17) is 11.6 Å². The van der Waals surface area contributed by atoms with Gasteiger partial charge in [-0.05, 0) is 38.3 Å². The average Bonchev–Trinajstić information content (AvgIpc) is 2.29. The van der Waals surface area contributed by atoms with Gasteiger partial charge in [0.1, 0.15) is 0 Å². The highest BCUT2D eigenvalue weighted by molar-refractivity contribution is 6.28. The van der Waals surface area contributed by atoms with Gasteiger partial charge < -0.3 is 10.2 Å². The molecule has 0 spiro atoms. The summed E-state index contributed by atoms with van der Waals surface area (Å²) in [6, 6.07) is 0.285. The maximum Gasteiger partial charge on any atom is 0.231 e. The van der Waals surface area contributed by atoms with E-state index in [1.54, 1.807) is 0 Å². The summed E-state index contributed by atoms with van der Waals surface area (Å²) < 4.78 is 0. The van der Waals surface area contributed by atoms with E-state index >= 15 is 0 Å². The van der Waals surface area contributed by atoms with Crippen molar-refractivity contribution in [3.8, 4) is 0 Å². The molecule has 0 aliphatic rings. The van der Waals surface area contributed by atoms with Crippen molar-refractivity contribution in [1.82, 2.24) is 15.0 Å². The Labute approximate surface area is 114 Å². The molecule has 1 rings (SSSR count). The maximum absolute atomic E-state index is 5.94. The Morgan fingerprint density at radius 1 is 1.11 bits per heavy atom. The Hall–Kier alpha value is -1.10. The van der Waals surface area contributed by atoms with Gasteiger partial charge in [-0.3, -0.25) is 0 Å². The first-order chi connectivity index (χ1) is 8.47. The van der Waals surface area contributed by atoms with Gasteiger partial charge in [0.25, 0.3) is 0 Å². The lowest BCUT2D eigenvalue weighted by Gasteiger charge is -2.21. The smallest absolute Gasteiger partial charge is 0.231 e. The van der Waals surface area contributed by atoms with Gasteiger partial charge in [-0.2, -0.15) is 15.0 Å². The Bertz CT molecular complexity index is 379. The molecule has 18 heavy (non-hydrogen) atoms. The molecule has 5 nitrogen and oxygen atoms in total. The highest BCUT2D eigenvalue weighted by Crippen LogP contribution is 2.15. The molecule has 1 unspecified atom stereocenters. The van der Waals surface area contributed by atoms with Crippen LogP contribution in [0.2, 0.25) is 5.28 Å². The number of aromatic nitrogens is 3. The number of hydrogen-bond donors (Lipinski definition) is 1. The second-order valence-corrected chi connectivity index (χ2v) is 4.92. The molecule has 1 heterocycles. The van der Waals surface area contributed by atoms with Gasteiger partial charge in [0.2, 0.25) is 17.2 Å². The molecule has 1 aromatic heterocycles. The van der Waals surface area contributed by atoms with E-state index in [0.29, 0.717) is 17.8 Å². The van der Waals surface area contributed by atoms with Crippen molar-refractivity contribution in [2.24, 2.45) is 5.92 Å². The van der Waals surface area contributed by atoms with Crippen LogP contribution in [0.15, 0.2) is 0 Å². The van der Waals surface area contributed by atoms with Crippen LogP contribution in [0.25, 0.3) is 0 Å². The van der Waals surface area contributed by atoms with Gasteiger partial charge in [0.05, 0.1) is 0 Å². The fraction of sp³-hybridized carbons (Fsp3) is 0.750. The summed E-state index contributed by atoms with van der Waals surface area (Å²) >= 11 is 5.94. The lowest BCUT2D eigenvalue weighted by Crippen LogP contribution is -2.27. The molecular formula is C12H22ClN5. The van der Waals surface area contributed by atoms with E-state index < -0.39 is 0 Å². The molecule has 102 valence electrons. The third-order valence-corrected chi connectivity index (χ3v) is 3.17. The van der Waals surface area contributed by atoms with Crippen molar-refractivity contribution >= 4 is 23.5 Å². The topological polar surface area (TPSA) is 53.9 Å². The van der Waals surface area contributed by atoms with Crippen molar-refractivity contribution < 1.29 is 0 Å². The molecule has 0 amide bonds. The summed E-state index contributed by atoms with van der Waals surface area (Å²) in [5, 5.41) is 3.48. The van der Waals surface area contributed by atoms with Gasteiger partial charge in [-0.1, -0.05) is 13.8 Å². The maximum atomic E-state index is 5.94. The van der Waals surface area contributed by atoms with Gasteiger partial charge in [0.15, 0.2) is 0 Å². The summed E-state index contributed by atoms with van der Waals surface area (Å²) in [7, 11) is 0. The molecule has 0 aliphatic carbocycles. The number of nitrogens with zero attached hydrogens (tertiary/aromatic N) is 4. The second kappa shape index (κ2) is 6.73. The lowest BCUT2D eigenvalue weighted by molar-refractivity contribution is 0.556. The van der Waals surface area contributed by atoms with E-state index in [1.165, 1.54) is 0 Å². The molecule has 1 atom stereocenters. The predicted octanol–water partition coefficient (Wildman–Crippen LogP) is 2.83. The van der Waals surface area contributed by atoms with Crippen LogP contribution in [0.5, 0.6) is 0 Å². The summed E-state index contributed by atoms with van der Waals surface area (Å²) in [5.41, 5.74) is 0. The minimum absolute atomic E-state index is 0.227. The molecule has 0 aliphatic heterocycles. The van der Waals surface area contributed by atoms with Gasteiger partial charge in [-0.25, -0.2) is 0 Å². The Morgan fingerprint density at radius 3 is 2.22 bits per heavy atom. The van der Waals surface area contributed by atoms with Crippen LogP contribution < -0.4 is 10.2 Å². The van der Waals surface area contributed by atoms with Crippen LogP contribution in [0.1, 0.15) is 34.6 Å². The van der Waals surface area contributed by atoms with Crippen molar-refractivity contribution in [3.63, 3.8) is 0 Å². The predicted molar refractivity (Wildman–Crippen MR) is 76.3 cm³/mol. The quantitative estimate of drug-likeness (QED) is 0.862. The van der Waals surface area contributed by atoms with Crippen LogP contribution in [-0.2, 0) is 0 Å². The van der Waals surface area contributed by atoms with Crippen molar-refractivity contribution in [2.45, 2.75) is 40.7 Å². The fourth-order valence-corrected chi connectivity index (χ4v) is 1.58. The van der Waals surface area contributed by atoms with E-state index in [1.807, 2.05) is 4.90 Å².